The summed E-state index contributed by atoms with van der Waals surface area (Å²) in [6.07, 6.45) is 0. The van der Waals surface area contributed by atoms with Crippen LogP contribution in [0, 0.1) is 0 Å². The molecule has 3 nitrogen and oxygen atoms in total. The average molecular weight is 108 g/mol. The van der Waals surface area contributed by atoms with Gasteiger partial charge in [0.05, 0.1) is 0 Å². The first kappa shape index (κ1) is 9.84. The summed E-state index contributed by atoms with van der Waals surface area (Å²) in [5.74, 6) is 0. The molecule has 0 aliphatic heterocycles. The maximum absolute atomic E-state index is 10.4. The van der Waals surface area contributed by atoms with Gasteiger partial charge in [-0.05, 0) is 0 Å². The van der Waals surface area contributed by atoms with Crippen LogP contribution in [0.1, 0.15) is 0 Å². The third-order valence-corrected chi connectivity index (χ3v) is 0. The maximum atomic E-state index is 10.4. The van der Waals surface area contributed by atoms with Crippen molar-refractivity contribution in [2.45, 2.75) is 0 Å². The van der Waals surface area contributed by atoms with Gasteiger partial charge in [-0.3, -0.25) is 9.79 Å². The molecule has 0 amide bonds. The molecule has 0 radical (unpaired) electrons. The van der Waals surface area contributed by atoms with Crippen molar-refractivity contribution >= 4 is 26.8 Å². The average Bonchev–Trinajstić information content (AvgIpc) is 0.722. The second-order valence-corrected chi connectivity index (χ2v) is 1.42. The summed E-state index contributed by atoms with van der Waals surface area (Å²) in [5, 5.41) is 0. The van der Waals surface area contributed by atoms with E-state index in [0.29, 0.717) is 0 Å². The SMILES string of the molecule is O=P(O)(O)F.[LiH]. The van der Waals surface area contributed by atoms with E-state index in [2.05, 4.69) is 0 Å². The van der Waals surface area contributed by atoms with Gasteiger partial charge in [0.15, 0.2) is 0 Å². The van der Waals surface area contributed by atoms with Crippen LogP contribution >= 0.6 is 7.91 Å². The molecule has 0 unspecified atom stereocenters. The Morgan fingerprint density at radius 1 is 1.50 bits per heavy atom. The van der Waals surface area contributed by atoms with Gasteiger partial charge in [-0.25, -0.2) is 4.57 Å². The van der Waals surface area contributed by atoms with Crippen LogP contribution in [0.25, 0.3) is 0 Å². The van der Waals surface area contributed by atoms with Crippen molar-refractivity contribution in [3.05, 3.63) is 0 Å². The Labute approximate surface area is 46.0 Å². The van der Waals surface area contributed by atoms with Gasteiger partial charge >= 0.3 is 26.8 Å². The molecule has 0 bridgehead atoms. The first-order valence-electron chi connectivity index (χ1n) is 0.752. The van der Waals surface area contributed by atoms with E-state index in [9.17, 15) is 4.20 Å². The minimum absolute atomic E-state index is 0. The van der Waals surface area contributed by atoms with Crippen LogP contribution in [0.2, 0.25) is 0 Å². The van der Waals surface area contributed by atoms with E-state index in [1.165, 1.54) is 0 Å². The molecule has 0 spiro atoms. The van der Waals surface area contributed by atoms with Crippen molar-refractivity contribution in [3.63, 3.8) is 0 Å². The van der Waals surface area contributed by atoms with Gasteiger partial charge in [0.2, 0.25) is 0 Å². The molecule has 0 atom stereocenters. The number of hydrogen-bond acceptors (Lipinski definition) is 1. The van der Waals surface area contributed by atoms with Crippen LogP contribution in [0.15, 0.2) is 0 Å². The third kappa shape index (κ3) is 138. The summed E-state index contributed by atoms with van der Waals surface area (Å²) in [6.45, 7) is 0. The van der Waals surface area contributed by atoms with E-state index < -0.39 is 7.91 Å². The van der Waals surface area contributed by atoms with Gasteiger partial charge in [0.25, 0.3) is 0 Å². The summed E-state index contributed by atoms with van der Waals surface area (Å²) in [6, 6.07) is 0. The molecule has 0 aliphatic rings. The monoisotopic (exact) mass is 108 g/mol. The van der Waals surface area contributed by atoms with Crippen molar-refractivity contribution in [2.75, 3.05) is 0 Å². The molecule has 0 saturated carbocycles. The topological polar surface area (TPSA) is 57.5 Å². The molecule has 0 aromatic rings. The molecule has 0 fully saturated rings. The number of hydrogen-bond donors (Lipinski definition) is 2. The summed E-state index contributed by atoms with van der Waals surface area (Å²) in [5.41, 5.74) is 0. The molecule has 6 heteroatoms. The second kappa shape index (κ2) is 2.79. The van der Waals surface area contributed by atoms with E-state index in [-0.39, 0.29) is 18.9 Å². The van der Waals surface area contributed by atoms with Crippen molar-refractivity contribution in [2.24, 2.45) is 0 Å². The van der Waals surface area contributed by atoms with E-state index in [1.807, 2.05) is 0 Å². The fraction of sp³-hybridized carbons (Fsp3) is 0. The van der Waals surface area contributed by atoms with Crippen molar-refractivity contribution in [3.8, 4) is 0 Å². The van der Waals surface area contributed by atoms with Gasteiger partial charge in [0.1, 0.15) is 0 Å². The first-order chi connectivity index (χ1) is 2.00. The molecule has 0 saturated heterocycles. The molecule has 2 N–H and O–H groups in total. The molecule has 34 valence electrons. The minimum atomic E-state index is -5.14. The molecule has 0 heterocycles. The van der Waals surface area contributed by atoms with E-state index in [0.717, 1.165) is 0 Å². The quantitative estimate of drug-likeness (QED) is 0.321. The third-order valence-electron chi connectivity index (χ3n) is 0. The Morgan fingerprint density at radius 2 is 1.50 bits per heavy atom. The summed E-state index contributed by atoms with van der Waals surface area (Å²) >= 11 is 0. The standard InChI is InChI=1S/FH2O3P.Li.H/c1-5(2,3)4;;/h(H2,2,3,4);;. The van der Waals surface area contributed by atoms with Crippen molar-refractivity contribution in [1.82, 2.24) is 0 Å². The molecule has 0 aromatic heterocycles. The Hall–Kier alpha value is 0.677. The van der Waals surface area contributed by atoms with Crippen LogP contribution in [0.4, 0.5) is 4.20 Å². The molecular formula is H3FLiO3P. The molecule has 0 aliphatic carbocycles. The van der Waals surface area contributed by atoms with E-state index >= 15 is 0 Å². The first-order valence-corrected chi connectivity index (χ1v) is 2.25. The zero-order valence-corrected chi connectivity index (χ0v) is 3.02. The molecule has 6 heavy (non-hydrogen) atoms. The summed E-state index contributed by atoms with van der Waals surface area (Å²) in [4.78, 5) is 13.9. The summed E-state index contributed by atoms with van der Waals surface area (Å²) in [7, 11) is -5.14. The van der Waals surface area contributed by atoms with Crippen molar-refractivity contribution in [1.29, 1.82) is 0 Å². The molecular weight excluding hydrogens is 105 g/mol. The Morgan fingerprint density at radius 3 is 1.50 bits per heavy atom. The van der Waals surface area contributed by atoms with Gasteiger partial charge < -0.3 is 0 Å². The fourth-order valence-electron chi connectivity index (χ4n) is 0. The second-order valence-electron chi connectivity index (χ2n) is 0.473. The number of rotatable bonds is 0. The van der Waals surface area contributed by atoms with Crippen LogP contribution in [0.3, 0.4) is 0 Å². The van der Waals surface area contributed by atoms with E-state index in [4.69, 9.17) is 14.4 Å². The van der Waals surface area contributed by atoms with E-state index in [1.54, 1.807) is 0 Å². The molecule has 0 rings (SSSR count). The van der Waals surface area contributed by atoms with Gasteiger partial charge in [-0.2, -0.15) is 0 Å². The van der Waals surface area contributed by atoms with Crippen LogP contribution < -0.4 is 0 Å². The van der Waals surface area contributed by atoms with Gasteiger partial charge in [-0.15, -0.1) is 4.20 Å². The van der Waals surface area contributed by atoms with Crippen LogP contribution in [-0.2, 0) is 4.57 Å². The van der Waals surface area contributed by atoms with Crippen LogP contribution in [0.5, 0.6) is 0 Å². The van der Waals surface area contributed by atoms with Crippen LogP contribution in [-0.4, -0.2) is 28.6 Å². The fourth-order valence-corrected chi connectivity index (χ4v) is 0. The van der Waals surface area contributed by atoms with Gasteiger partial charge in [-0.1, -0.05) is 0 Å². The predicted octanol–water partition coefficient (Wildman–Crippen LogP) is -0.600. The normalized spacial score (nSPS) is 9.83. The number of halogens is 1. The predicted molar refractivity (Wildman–Crippen MR) is 20.3 cm³/mol. The summed E-state index contributed by atoms with van der Waals surface area (Å²) < 4.78 is 19.0. The molecule has 0 aromatic carbocycles. The van der Waals surface area contributed by atoms with Gasteiger partial charge in [0, 0.05) is 0 Å². The Bertz CT molecular complexity index is 56.9. The zero-order valence-electron chi connectivity index (χ0n) is 2.13. The Kier molecular flexibility index (Phi) is 4.57. The van der Waals surface area contributed by atoms with Crippen molar-refractivity contribution < 1.29 is 18.5 Å². The zero-order chi connectivity index (χ0) is 4.50. The Balaban J connectivity index is 0.